The summed E-state index contributed by atoms with van der Waals surface area (Å²) in [5.41, 5.74) is 4.02. The average Bonchev–Trinajstić information content (AvgIpc) is 3.02. The number of rotatable bonds is 5. The van der Waals surface area contributed by atoms with Crippen LogP contribution in [0.15, 0.2) is 41.0 Å². The summed E-state index contributed by atoms with van der Waals surface area (Å²) < 4.78 is 5.71. The summed E-state index contributed by atoms with van der Waals surface area (Å²) in [7, 11) is 0. The van der Waals surface area contributed by atoms with E-state index in [0.717, 1.165) is 31.8 Å². The standard InChI is InChI=1S/C17H22N2O/c1-3-18-10-14-9-16(20-12-14)11-19-13(2)8-15-6-4-5-7-17(15)19/h4-7,9,12-13,18H,3,8,10-11H2,1-2H3. The SMILES string of the molecule is CCNCc1coc(CN2c3ccccc3CC2C)c1. The second kappa shape index (κ2) is 5.71. The van der Waals surface area contributed by atoms with Gasteiger partial charge in [-0.05, 0) is 37.6 Å². The largest absolute Gasteiger partial charge is 0.467 e. The number of fused-ring (bicyclic) bond motifs is 1. The summed E-state index contributed by atoms with van der Waals surface area (Å²) in [4.78, 5) is 2.44. The summed E-state index contributed by atoms with van der Waals surface area (Å²) >= 11 is 0. The highest BCUT2D eigenvalue weighted by Gasteiger charge is 2.26. The van der Waals surface area contributed by atoms with Gasteiger partial charge < -0.3 is 14.6 Å². The molecule has 1 N–H and O–H groups in total. The van der Waals surface area contributed by atoms with E-state index in [9.17, 15) is 0 Å². The molecular weight excluding hydrogens is 248 g/mol. The minimum Gasteiger partial charge on any atom is -0.467 e. The zero-order valence-corrected chi connectivity index (χ0v) is 12.2. The smallest absolute Gasteiger partial charge is 0.123 e. The lowest BCUT2D eigenvalue weighted by Gasteiger charge is -2.23. The number of para-hydroxylation sites is 1. The molecule has 106 valence electrons. The maximum Gasteiger partial charge on any atom is 0.123 e. The Labute approximate surface area is 120 Å². The van der Waals surface area contributed by atoms with Crippen molar-refractivity contribution in [2.75, 3.05) is 11.4 Å². The van der Waals surface area contributed by atoms with Crippen LogP contribution in [-0.2, 0) is 19.5 Å². The lowest BCUT2D eigenvalue weighted by atomic mass is 10.1. The molecule has 3 heteroatoms. The molecule has 0 radical (unpaired) electrons. The van der Waals surface area contributed by atoms with Crippen molar-refractivity contribution in [3.63, 3.8) is 0 Å². The van der Waals surface area contributed by atoms with Crippen molar-refractivity contribution in [3.8, 4) is 0 Å². The third kappa shape index (κ3) is 2.59. The molecule has 20 heavy (non-hydrogen) atoms. The third-order valence-electron chi connectivity index (χ3n) is 3.96. The van der Waals surface area contributed by atoms with E-state index in [1.807, 2.05) is 6.26 Å². The molecule has 0 spiro atoms. The lowest BCUT2D eigenvalue weighted by molar-refractivity contribution is 0.491. The maximum atomic E-state index is 5.71. The number of benzene rings is 1. The van der Waals surface area contributed by atoms with Crippen LogP contribution in [0.4, 0.5) is 5.69 Å². The Morgan fingerprint density at radius 1 is 1.35 bits per heavy atom. The van der Waals surface area contributed by atoms with Crippen LogP contribution in [0.1, 0.15) is 30.7 Å². The molecule has 1 atom stereocenters. The van der Waals surface area contributed by atoms with Gasteiger partial charge in [-0.15, -0.1) is 0 Å². The van der Waals surface area contributed by atoms with Crippen molar-refractivity contribution in [1.82, 2.24) is 5.32 Å². The first-order chi connectivity index (χ1) is 9.78. The van der Waals surface area contributed by atoms with Crippen LogP contribution >= 0.6 is 0 Å². The molecule has 1 aromatic carbocycles. The van der Waals surface area contributed by atoms with Gasteiger partial charge in [-0.25, -0.2) is 0 Å². The van der Waals surface area contributed by atoms with E-state index in [2.05, 4.69) is 54.4 Å². The Kier molecular flexibility index (Phi) is 3.79. The molecule has 0 saturated carbocycles. The van der Waals surface area contributed by atoms with E-state index < -0.39 is 0 Å². The number of hydrogen-bond acceptors (Lipinski definition) is 3. The number of nitrogens with one attached hydrogen (secondary N) is 1. The molecule has 1 aliphatic rings. The Morgan fingerprint density at radius 2 is 2.20 bits per heavy atom. The van der Waals surface area contributed by atoms with Crippen LogP contribution in [0.25, 0.3) is 0 Å². The second-order valence-electron chi connectivity index (χ2n) is 5.51. The van der Waals surface area contributed by atoms with E-state index in [4.69, 9.17) is 4.42 Å². The molecule has 0 saturated heterocycles. The summed E-state index contributed by atoms with van der Waals surface area (Å²) in [5.74, 6) is 1.04. The fourth-order valence-electron chi connectivity index (χ4n) is 2.91. The van der Waals surface area contributed by atoms with Gasteiger partial charge >= 0.3 is 0 Å². The van der Waals surface area contributed by atoms with Gasteiger partial charge in [0.1, 0.15) is 5.76 Å². The molecule has 1 aliphatic heterocycles. The predicted octanol–water partition coefficient (Wildman–Crippen LogP) is 3.34. The van der Waals surface area contributed by atoms with Crippen molar-refractivity contribution in [2.45, 2.75) is 39.4 Å². The lowest BCUT2D eigenvalue weighted by Crippen LogP contribution is -2.28. The average molecular weight is 270 g/mol. The Hall–Kier alpha value is -1.74. The van der Waals surface area contributed by atoms with Crippen LogP contribution in [0, 0.1) is 0 Å². The Bertz CT molecular complexity index is 576. The highest BCUT2D eigenvalue weighted by atomic mass is 16.3. The normalized spacial score (nSPS) is 17.5. The van der Waals surface area contributed by atoms with Crippen LogP contribution in [0.2, 0.25) is 0 Å². The van der Waals surface area contributed by atoms with Crippen LogP contribution in [-0.4, -0.2) is 12.6 Å². The molecule has 0 aliphatic carbocycles. The predicted molar refractivity (Wildman–Crippen MR) is 81.9 cm³/mol. The molecule has 2 heterocycles. The highest BCUT2D eigenvalue weighted by Crippen LogP contribution is 2.33. The highest BCUT2D eigenvalue weighted by molar-refractivity contribution is 5.59. The van der Waals surface area contributed by atoms with E-state index in [1.165, 1.54) is 16.8 Å². The molecule has 1 aromatic heterocycles. The van der Waals surface area contributed by atoms with Gasteiger partial charge in [-0.3, -0.25) is 0 Å². The summed E-state index contributed by atoms with van der Waals surface area (Å²) in [5, 5.41) is 3.32. The van der Waals surface area contributed by atoms with Crippen molar-refractivity contribution >= 4 is 5.69 Å². The fourth-order valence-corrected chi connectivity index (χ4v) is 2.91. The van der Waals surface area contributed by atoms with E-state index in [0.29, 0.717) is 6.04 Å². The number of nitrogens with zero attached hydrogens (tertiary/aromatic N) is 1. The fraction of sp³-hybridized carbons (Fsp3) is 0.412. The Morgan fingerprint density at radius 3 is 3.05 bits per heavy atom. The summed E-state index contributed by atoms with van der Waals surface area (Å²) in [6, 6.07) is 11.4. The molecule has 0 bridgehead atoms. The molecule has 2 aromatic rings. The van der Waals surface area contributed by atoms with Gasteiger partial charge in [0.25, 0.3) is 0 Å². The van der Waals surface area contributed by atoms with Crippen LogP contribution < -0.4 is 10.2 Å². The summed E-state index contributed by atoms with van der Waals surface area (Å²) in [6.45, 7) is 7.11. The van der Waals surface area contributed by atoms with Crippen molar-refractivity contribution in [1.29, 1.82) is 0 Å². The molecular formula is C17H22N2O. The quantitative estimate of drug-likeness (QED) is 0.903. The van der Waals surface area contributed by atoms with Gasteiger partial charge in [-0.1, -0.05) is 25.1 Å². The first-order valence-corrected chi connectivity index (χ1v) is 7.39. The second-order valence-corrected chi connectivity index (χ2v) is 5.51. The minimum absolute atomic E-state index is 0.537. The van der Waals surface area contributed by atoms with Gasteiger partial charge in [0, 0.05) is 23.8 Å². The first kappa shape index (κ1) is 13.3. The molecule has 1 unspecified atom stereocenters. The zero-order chi connectivity index (χ0) is 13.9. The summed E-state index contributed by atoms with van der Waals surface area (Å²) in [6.07, 6.45) is 2.99. The third-order valence-corrected chi connectivity index (χ3v) is 3.96. The van der Waals surface area contributed by atoms with Gasteiger partial charge in [0.2, 0.25) is 0 Å². The Balaban J connectivity index is 1.73. The van der Waals surface area contributed by atoms with E-state index in [1.54, 1.807) is 0 Å². The molecule has 3 rings (SSSR count). The van der Waals surface area contributed by atoms with Gasteiger partial charge in [0.15, 0.2) is 0 Å². The molecule has 0 fully saturated rings. The van der Waals surface area contributed by atoms with E-state index >= 15 is 0 Å². The topological polar surface area (TPSA) is 28.4 Å². The number of hydrogen-bond donors (Lipinski definition) is 1. The van der Waals surface area contributed by atoms with Crippen molar-refractivity contribution in [2.24, 2.45) is 0 Å². The molecule has 0 amide bonds. The van der Waals surface area contributed by atoms with Crippen molar-refractivity contribution in [3.05, 3.63) is 53.5 Å². The van der Waals surface area contributed by atoms with Gasteiger partial charge in [0.05, 0.1) is 12.8 Å². The minimum atomic E-state index is 0.537. The molecule has 3 nitrogen and oxygen atoms in total. The monoisotopic (exact) mass is 270 g/mol. The van der Waals surface area contributed by atoms with Crippen LogP contribution in [0.3, 0.4) is 0 Å². The van der Waals surface area contributed by atoms with Crippen LogP contribution in [0.5, 0.6) is 0 Å². The maximum absolute atomic E-state index is 5.71. The number of furan rings is 1. The number of anilines is 1. The first-order valence-electron chi connectivity index (χ1n) is 7.39. The van der Waals surface area contributed by atoms with Gasteiger partial charge in [-0.2, -0.15) is 0 Å². The van der Waals surface area contributed by atoms with E-state index in [-0.39, 0.29) is 0 Å². The van der Waals surface area contributed by atoms with Crippen molar-refractivity contribution < 1.29 is 4.42 Å². The zero-order valence-electron chi connectivity index (χ0n) is 12.2.